The Balaban J connectivity index is 1.53. The Labute approximate surface area is 153 Å². The molecule has 0 bridgehead atoms. The Morgan fingerprint density at radius 2 is 1.96 bits per heavy atom. The molecule has 1 aromatic carbocycles. The molecule has 0 spiro atoms. The minimum Gasteiger partial charge on any atom is -0.337 e. The summed E-state index contributed by atoms with van der Waals surface area (Å²) in [6.45, 7) is 0.711. The fraction of sp³-hybridized carbons (Fsp3) is 0.250. The average molecular weight is 359 g/mol. The first-order chi connectivity index (χ1) is 12.9. The maximum atomic E-state index is 4.84. The molecular weight excluding hydrogens is 342 g/mol. The van der Waals surface area contributed by atoms with E-state index in [1.54, 1.807) is 17.7 Å². The Morgan fingerprint density at radius 1 is 1.04 bits per heavy atom. The number of aromatic nitrogens is 5. The smallest absolute Gasteiger partial charge is 0.171 e. The van der Waals surface area contributed by atoms with Crippen LogP contribution in [-0.2, 0) is 19.4 Å². The van der Waals surface area contributed by atoms with E-state index in [0.29, 0.717) is 6.54 Å². The zero-order valence-corrected chi connectivity index (χ0v) is 15.0. The van der Waals surface area contributed by atoms with E-state index in [0.717, 1.165) is 28.1 Å². The van der Waals surface area contributed by atoms with Crippen molar-refractivity contribution < 1.29 is 0 Å². The highest BCUT2D eigenvalue weighted by atomic mass is 32.1. The molecule has 6 rings (SSSR count). The summed E-state index contributed by atoms with van der Waals surface area (Å²) in [5, 5.41) is 9.23. The van der Waals surface area contributed by atoms with E-state index in [4.69, 9.17) is 10.1 Å². The molecule has 0 atom stereocenters. The average Bonchev–Trinajstić information content (AvgIpc) is 3.38. The summed E-state index contributed by atoms with van der Waals surface area (Å²) in [6, 6.07) is 10.8. The van der Waals surface area contributed by atoms with E-state index in [1.165, 1.54) is 41.4 Å². The van der Waals surface area contributed by atoms with Crippen molar-refractivity contribution in [2.45, 2.75) is 32.2 Å². The third-order valence-corrected chi connectivity index (χ3v) is 6.25. The number of hydrogen-bond donors (Lipinski definition) is 0. The maximum absolute atomic E-state index is 4.84. The largest absolute Gasteiger partial charge is 0.337 e. The van der Waals surface area contributed by atoms with Crippen molar-refractivity contribution >= 4 is 38.1 Å². The quantitative estimate of drug-likeness (QED) is 0.474. The molecule has 6 heteroatoms. The molecule has 5 aromatic rings. The highest BCUT2D eigenvalue weighted by Crippen LogP contribution is 2.32. The number of hydrogen-bond acceptors (Lipinski definition) is 4. The molecule has 4 aromatic heterocycles. The molecule has 0 fully saturated rings. The lowest BCUT2D eigenvalue weighted by molar-refractivity contribution is 0.629. The summed E-state index contributed by atoms with van der Waals surface area (Å²) in [5.41, 5.74) is 5.20. The topological polar surface area (TPSA) is 48.0 Å². The van der Waals surface area contributed by atoms with E-state index in [2.05, 4.69) is 45.3 Å². The lowest BCUT2D eigenvalue weighted by atomic mass is 9.96. The molecule has 0 saturated carbocycles. The van der Waals surface area contributed by atoms with Crippen molar-refractivity contribution in [3.63, 3.8) is 0 Å². The lowest BCUT2D eigenvalue weighted by Gasteiger charge is -2.15. The summed E-state index contributed by atoms with van der Waals surface area (Å²) in [7, 11) is 0. The van der Waals surface area contributed by atoms with Gasteiger partial charge < -0.3 is 4.57 Å². The van der Waals surface area contributed by atoms with Gasteiger partial charge in [0.05, 0.1) is 11.9 Å². The molecule has 0 amide bonds. The number of aryl methyl sites for hydroxylation is 1. The van der Waals surface area contributed by atoms with Gasteiger partial charge >= 0.3 is 0 Å². The summed E-state index contributed by atoms with van der Waals surface area (Å²) in [4.78, 5) is 10.3. The minimum absolute atomic E-state index is 0.711. The molecule has 26 heavy (non-hydrogen) atoms. The molecule has 0 unspecified atom stereocenters. The second-order valence-electron chi connectivity index (χ2n) is 6.92. The third-order valence-electron chi connectivity index (χ3n) is 5.43. The van der Waals surface area contributed by atoms with Gasteiger partial charge in [-0.25, -0.2) is 14.5 Å². The number of nitrogens with zero attached hydrogens (tertiary/aromatic N) is 5. The molecule has 0 N–H and O–H groups in total. The Bertz CT molecular complexity index is 1280. The second kappa shape index (κ2) is 5.38. The van der Waals surface area contributed by atoms with Crippen molar-refractivity contribution in [1.29, 1.82) is 0 Å². The number of rotatable bonds is 2. The van der Waals surface area contributed by atoms with Crippen molar-refractivity contribution in [3.8, 4) is 0 Å². The first-order valence-corrected chi connectivity index (χ1v) is 9.93. The van der Waals surface area contributed by atoms with Gasteiger partial charge in [0.2, 0.25) is 0 Å². The molecule has 0 radical (unpaired) electrons. The van der Waals surface area contributed by atoms with Crippen molar-refractivity contribution in [3.05, 3.63) is 59.1 Å². The molecule has 128 valence electrons. The Kier molecular flexibility index (Phi) is 2.99. The molecule has 0 saturated heterocycles. The van der Waals surface area contributed by atoms with E-state index in [9.17, 15) is 0 Å². The monoisotopic (exact) mass is 359 g/mol. The van der Waals surface area contributed by atoms with Crippen molar-refractivity contribution in [2.75, 3.05) is 0 Å². The van der Waals surface area contributed by atoms with Crippen LogP contribution in [0.15, 0.2) is 42.0 Å². The van der Waals surface area contributed by atoms with Crippen LogP contribution in [0.4, 0.5) is 0 Å². The van der Waals surface area contributed by atoms with Gasteiger partial charge in [0, 0.05) is 16.6 Å². The molecule has 5 nitrogen and oxygen atoms in total. The van der Waals surface area contributed by atoms with Crippen LogP contribution in [0.5, 0.6) is 0 Å². The van der Waals surface area contributed by atoms with Crippen LogP contribution in [-0.4, -0.2) is 24.1 Å². The maximum Gasteiger partial charge on any atom is 0.171 e. The number of benzene rings is 1. The van der Waals surface area contributed by atoms with E-state index in [1.807, 2.05) is 4.52 Å². The van der Waals surface area contributed by atoms with Crippen LogP contribution in [0.3, 0.4) is 0 Å². The zero-order chi connectivity index (χ0) is 17.1. The fourth-order valence-electron chi connectivity index (χ4n) is 4.29. The molecule has 1 aliphatic rings. The fourth-order valence-corrected chi connectivity index (χ4v) is 5.01. The SMILES string of the molecule is c1ccc2c(c1)c1c(n2Cc2nc3c4ccsc4ncn3n2)CCCC1. The first-order valence-electron chi connectivity index (χ1n) is 9.05. The Morgan fingerprint density at radius 3 is 2.96 bits per heavy atom. The molecular formula is C20H17N5S. The van der Waals surface area contributed by atoms with Crippen LogP contribution in [0, 0.1) is 0 Å². The van der Waals surface area contributed by atoms with Gasteiger partial charge in [-0.15, -0.1) is 16.4 Å². The van der Waals surface area contributed by atoms with Crippen LogP contribution in [0.1, 0.15) is 29.9 Å². The van der Waals surface area contributed by atoms with E-state index < -0.39 is 0 Å². The molecule has 1 aliphatic carbocycles. The molecule has 4 heterocycles. The van der Waals surface area contributed by atoms with Crippen LogP contribution < -0.4 is 0 Å². The van der Waals surface area contributed by atoms with Crippen LogP contribution in [0.2, 0.25) is 0 Å². The van der Waals surface area contributed by atoms with E-state index in [-0.39, 0.29) is 0 Å². The standard InChI is InChI=1S/C20H17N5S/c1-3-7-16-13(5-1)14-6-2-4-8-17(14)24(16)11-18-22-19-15-9-10-26-20(15)21-12-25(19)23-18/h1,3,5,7,9-10,12H,2,4,6,8,11H2. The molecule has 0 aliphatic heterocycles. The summed E-state index contributed by atoms with van der Waals surface area (Å²) < 4.78 is 4.24. The summed E-state index contributed by atoms with van der Waals surface area (Å²) >= 11 is 1.64. The van der Waals surface area contributed by atoms with Crippen molar-refractivity contribution in [2.24, 2.45) is 0 Å². The minimum atomic E-state index is 0.711. The third kappa shape index (κ3) is 1.99. The van der Waals surface area contributed by atoms with Crippen LogP contribution in [0.25, 0.3) is 26.8 Å². The number of thiophene rings is 1. The second-order valence-corrected chi connectivity index (χ2v) is 7.81. The van der Waals surface area contributed by atoms with Gasteiger partial charge in [-0.2, -0.15) is 0 Å². The van der Waals surface area contributed by atoms with Crippen LogP contribution >= 0.6 is 11.3 Å². The number of fused-ring (bicyclic) bond motifs is 6. The van der Waals surface area contributed by atoms with Gasteiger partial charge in [0.15, 0.2) is 11.5 Å². The van der Waals surface area contributed by atoms with Gasteiger partial charge in [-0.05, 0) is 48.8 Å². The van der Waals surface area contributed by atoms with Crippen molar-refractivity contribution in [1.82, 2.24) is 24.1 Å². The summed E-state index contributed by atoms with van der Waals surface area (Å²) in [6.07, 6.45) is 6.65. The lowest BCUT2D eigenvalue weighted by Crippen LogP contribution is -2.10. The normalized spacial score (nSPS) is 14.5. The highest BCUT2D eigenvalue weighted by Gasteiger charge is 2.21. The predicted octanol–water partition coefficient (Wildman–Crippen LogP) is 4.22. The van der Waals surface area contributed by atoms with Gasteiger partial charge in [0.1, 0.15) is 11.2 Å². The summed E-state index contributed by atoms with van der Waals surface area (Å²) in [5.74, 6) is 0.847. The first kappa shape index (κ1) is 14.4. The van der Waals surface area contributed by atoms with Gasteiger partial charge in [0.25, 0.3) is 0 Å². The zero-order valence-electron chi connectivity index (χ0n) is 14.2. The Hall–Kier alpha value is -2.73. The van der Waals surface area contributed by atoms with E-state index >= 15 is 0 Å². The van der Waals surface area contributed by atoms with Gasteiger partial charge in [-0.1, -0.05) is 18.2 Å². The highest BCUT2D eigenvalue weighted by molar-refractivity contribution is 7.16. The predicted molar refractivity (Wildman–Crippen MR) is 104 cm³/mol. The van der Waals surface area contributed by atoms with Gasteiger partial charge in [-0.3, -0.25) is 0 Å². The number of para-hydroxylation sites is 1.